The van der Waals surface area contributed by atoms with Gasteiger partial charge in [0.2, 0.25) is 0 Å². The lowest BCUT2D eigenvalue weighted by Crippen LogP contribution is -2.44. The Morgan fingerprint density at radius 2 is 1.75 bits per heavy atom. The zero-order valence-corrected chi connectivity index (χ0v) is 15.8. The van der Waals surface area contributed by atoms with Gasteiger partial charge in [-0.25, -0.2) is 0 Å². The second-order valence-electron chi connectivity index (χ2n) is 6.13. The van der Waals surface area contributed by atoms with Gasteiger partial charge in [0.25, 0.3) is 0 Å². The number of carbonyl (C=O) groups is 2. The van der Waals surface area contributed by atoms with Crippen molar-refractivity contribution < 1.29 is 27.5 Å². The first-order valence-electron chi connectivity index (χ1n) is 8.13. The number of hydrogen-bond donors (Lipinski definition) is 2. The van der Waals surface area contributed by atoms with E-state index in [2.05, 4.69) is 5.32 Å². The van der Waals surface area contributed by atoms with Gasteiger partial charge in [-0.15, -0.1) is 0 Å². The normalized spacial score (nSPS) is 13.5. The summed E-state index contributed by atoms with van der Waals surface area (Å²) in [5.41, 5.74) is -1.88. The van der Waals surface area contributed by atoms with Crippen LogP contribution in [0.5, 0.6) is 0 Å². The highest BCUT2D eigenvalue weighted by Gasteiger charge is 2.34. The first-order valence-corrected chi connectivity index (χ1v) is 8.51. The van der Waals surface area contributed by atoms with Gasteiger partial charge in [-0.2, -0.15) is 13.2 Å². The van der Waals surface area contributed by atoms with E-state index in [1.165, 1.54) is 19.2 Å². The van der Waals surface area contributed by atoms with E-state index in [4.69, 9.17) is 16.3 Å². The van der Waals surface area contributed by atoms with Crippen molar-refractivity contribution in [1.82, 2.24) is 5.32 Å². The summed E-state index contributed by atoms with van der Waals surface area (Å²) in [6, 6.07) is 11.2. The predicted octanol–water partition coefficient (Wildman–Crippen LogP) is 3.98. The summed E-state index contributed by atoms with van der Waals surface area (Å²) in [7, 11) is 1.42. The number of nitrogens with one attached hydrogen (secondary N) is 2. The molecule has 0 aliphatic heterocycles. The standard InChI is InChI=1S/C19H18ClF3N2O3/c1-18(28-2,12-6-5-7-13(20)10-12)11-24-16(26)17(27)25-15-9-4-3-8-14(15)19(21,22)23/h3-10H,11H2,1-2H3,(H,24,26)(H,25,27). The first kappa shape index (κ1) is 21.7. The molecule has 2 N–H and O–H groups in total. The Labute approximate surface area is 164 Å². The lowest BCUT2D eigenvalue weighted by molar-refractivity contribution is -0.138. The summed E-state index contributed by atoms with van der Waals surface area (Å²) in [5, 5.41) is 4.82. The van der Waals surface area contributed by atoms with Crippen molar-refractivity contribution >= 4 is 29.1 Å². The molecule has 0 saturated heterocycles. The number of ether oxygens (including phenoxy) is 1. The van der Waals surface area contributed by atoms with E-state index in [9.17, 15) is 22.8 Å². The van der Waals surface area contributed by atoms with E-state index in [1.807, 2.05) is 5.32 Å². The third-order valence-corrected chi connectivity index (χ3v) is 4.39. The van der Waals surface area contributed by atoms with Gasteiger partial charge >= 0.3 is 18.0 Å². The van der Waals surface area contributed by atoms with Crippen molar-refractivity contribution in [3.63, 3.8) is 0 Å². The zero-order chi connectivity index (χ0) is 20.9. The summed E-state index contributed by atoms with van der Waals surface area (Å²) in [4.78, 5) is 24.1. The third kappa shape index (κ3) is 5.24. The molecule has 2 rings (SSSR count). The highest BCUT2D eigenvalue weighted by atomic mass is 35.5. The number of halogens is 4. The van der Waals surface area contributed by atoms with Crippen LogP contribution in [0.25, 0.3) is 0 Å². The molecule has 5 nitrogen and oxygen atoms in total. The van der Waals surface area contributed by atoms with Crippen molar-refractivity contribution in [1.29, 1.82) is 0 Å². The van der Waals surface area contributed by atoms with Crippen LogP contribution in [0, 0.1) is 0 Å². The van der Waals surface area contributed by atoms with Crippen LogP contribution in [0.3, 0.4) is 0 Å². The lowest BCUT2D eigenvalue weighted by atomic mass is 9.95. The number of alkyl halides is 3. The summed E-state index contributed by atoms with van der Waals surface area (Å²) < 4.78 is 44.4. The van der Waals surface area contributed by atoms with Crippen LogP contribution in [0.4, 0.5) is 18.9 Å². The van der Waals surface area contributed by atoms with Crippen LogP contribution >= 0.6 is 11.6 Å². The van der Waals surface area contributed by atoms with Crippen molar-refractivity contribution in [2.75, 3.05) is 19.0 Å². The maximum Gasteiger partial charge on any atom is 0.418 e. The van der Waals surface area contributed by atoms with Gasteiger partial charge in [0.1, 0.15) is 5.60 Å². The molecule has 2 amide bonds. The molecule has 150 valence electrons. The van der Waals surface area contributed by atoms with Crippen LogP contribution in [-0.4, -0.2) is 25.5 Å². The second kappa shape index (κ2) is 8.62. The zero-order valence-electron chi connectivity index (χ0n) is 15.1. The molecule has 0 aromatic heterocycles. The number of anilines is 1. The predicted molar refractivity (Wildman–Crippen MR) is 98.9 cm³/mol. The maximum atomic E-state index is 13.0. The molecule has 1 unspecified atom stereocenters. The average Bonchev–Trinajstić information content (AvgIpc) is 2.65. The van der Waals surface area contributed by atoms with E-state index >= 15 is 0 Å². The number of hydrogen-bond acceptors (Lipinski definition) is 3. The molecule has 1 atom stereocenters. The van der Waals surface area contributed by atoms with E-state index in [0.717, 1.165) is 12.1 Å². The molecule has 2 aromatic rings. The molecule has 0 saturated carbocycles. The largest absolute Gasteiger partial charge is 0.418 e. The van der Waals surface area contributed by atoms with Gasteiger partial charge in [0.05, 0.1) is 17.8 Å². The molecule has 0 radical (unpaired) electrons. The molecule has 0 aliphatic carbocycles. The number of carbonyl (C=O) groups excluding carboxylic acids is 2. The topological polar surface area (TPSA) is 67.4 Å². The number of rotatable bonds is 5. The minimum absolute atomic E-state index is 0.100. The Bertz CT molecular complexity index is 873. The Kier molecular flexibility index (Phi) is 6.69. The smallest absolute Gasteiger partial charge is 0.372 e. The summed E-state index contributed by atoms with van der Waals surface area (Å²) in [6.45, 7) is 1.58. The fourth-order valence-electron chi connectivity index (χ4n) is 2.46. The van der Waals surface area contributed by atoms with Crippen LogP contribution in [0.2, 0.25) is 5.02 Å². The summed E-state index contributed by atoms with van der Waals surface area (Å²) in [5.74, 6) is -2.32. The van der Waals surface area contributed by atoms with Gasteiger partial charge in [-0.1, -0.05) is 35.9 Å². The third-order valence-electron chi connectivity index (χ3n) is 4.16. The molecule has 9 heteroatoms. The van der Waals surface area contributed by atoms with Crippen molar-refractivity contribution in [2.24, 2.45) is 0 Å². The van der Waals surface area contributed by atoms with Gasteiger partial charge < -0.3 is 15.4 Å². The van der Waals surface area contributed by atoms with Crippen LogP contribution in [0.15, 0.2) is 48.5 Å². The van der Waals surface area contributed by atoms with Gasteiger partial charge in [0.15, 0.2) is 0 Å². The Morgan fingerprint density at radius 1 is 1.07 bits per heavy atom. The quantitative estimate of drug-likeness (QED) is 0.727. The molecular weight excluding hydrogens is 397 g/mol. The van der Waals surface area contributed by atoms with Crippen molar-refractivity contribution in [3.05, 3.63) is 64.7 Å². The minimum atomic E-state index is -4.67. The molecule has 2 aromatic carbocycles. The van der Waals surface area contributed by atoms with Gasteiger partial charge in [-0.05, 0) is 36.8 Å². The number of para-hydroxylation sites is 1. The van der Waals surface area contributed by atoms with Crippen molar-refractivity contribution in [2.45, 2.75) is 18.7 Å². The van der Waals surface area contributed by atoms with Gasteiger partial charge in [0, 0.05) is 12.1 Å². The molecular formula is C19H18ClF3N2O3. The fourth-order valence-corrected chi connectivity index (χ4v) is 2.65. The molecule has 0 aliphatic rings. The van der Waals surface area contributed by atoms with E-state index < -0.39 is 34.8 Å². The molecule has 0 fully saturated rings. The molecule has 0 bridgehead atoms. The molecule has 0 heterocycles. The number of benzene rings is 2. The minimum Gasteiger partial charge on any atom is -0.372 e. The van der Waals surface area contributed by atoms with Gasteiger partial charge in [-0.3, -0.25) is 9.59 Å². The van der Waals surface area contributed by atoms with E-state index in [0.29, 0.717) is 10.6 Å². The van der Waals surface area contributed by atoms with Crippen LogP contribution < -0.4 is 10.6 Å². The van der Waals surface area contributed by atoms with E-state index in [-0.39, 0.29) is 6.54 Å². The summed E-state index contributed by atoms with van der Waals surface area (Å²) in [6.07, 6.45) is -4.67. The SMILES string of the molecule is COC(C)(CNC(=O)C(=O)Nc1ccccc1C(F)(F)F)c1cccc(Cl)c1. The van der Waals surface area contributed by atoms with Crippen LogP contribution in [0.1, 0.15) is 18.1 Å². The summed E-state index contributed by atoms with van der Waals surface area (Å²) >= 11 is 5.96. The fraction of sp³-hybridized carbons (Fsp3) is 0.263. The highest BCUT2D eigenvalue weighted by Crippen LogP contribution is 2.34. The molecule has 0 spiro atoms. The Balaban J connectivity index is 2.08. The number of methoxy groups -OCH3 is 1. The second-order valence-corrected chi connectivity index (χ2v) is 6.56. The lowest BCUT2D eigenvalue weighted by Gasteiger charge is -2.29. The molecule has 28 heavy (non-hydrogen) atoms. The first-order chi connectivity index (χ1) is 13.1. The Morgan fingerprint density at radius 3 is 2.36 bits per heavy atom. The highest BCUT2D eigenvalue weighted by molar-refractivity contribution is 6.39. The maximum absolute atomic E-state index is 13.0. The monoisotopic (exact) mass is 414 g/mol. The van der Waals surface area contributed by atoms with Crippen LogP contribution in [-0.2, 0) is 26.1 Å². The number of amides is 2. The van der Waals surface area contributed by atoms with E-state index in [1.54, 1.807) is 31.2 Å². The average molecular weight is 415 g/mol. The van der Waals surface area contributed by atoms with Crippen molar-refractivity contribution in [3.8, 4) is 0 Å². The Hall–Kier alpha value is -2.58.